The summed E-state index contributed by atoms with van der Waals surface area (Å²) < 4.78 is 40.7. The molecule has 2 aromatic carbocycles. The Morgan fingerprint density at radius 1 is 1.09 bits per heavy atom. The van der Waals surface area contributed by atoms with Crippen LogP contribution in [0, 0.1) is 0 Å². The van der Waals surface area contributed by atoms with Crippen LogP contribution in [0.3, 0.4) is 0 Å². The van der Waals surface area contributed by atoms with E-state index in [2.05, 4.69) is 16.0 Å². The quantitative estimate of drug-likeness (QED) is 0.477. The number of alkyl halides is 3. The van der Waals surface area contributed by atoms with E-state index in [1.165, 1.54) is 12.1 Å². The number of nitrogens with zero attached hydrogens (tertiary/aromatic N) is 1. The van der Waals surface area contributed by atoms with Gasteiger partial charge in [0.2, 0.25) is 5.91 Å². The molecule has 180 valence electrons. The zero-order chi connectivity index (χ0) is 24.3. The number of hydrogen-bond acceptors (Lipinski definition) is 5. The van der Waals surface area contributed by atoms with Crippen molar-refractivity contribution in [2.24, 2.45) is 0 Å². The third-order valence-electron chi connectivity index (χ3n) is 6.18. The van der Waals surface area contributed by atoms with Gasteiger partial charge in [-0.05, 0) is 67.8 Å². The van der Waals surface area contributed by atoms with Gasteiger partial charge in [0.25, 0.3) is 5.91 Å². The van der Waals surface area contributed by atoms with Crippen LogP contribution in [0.5, 0.6) is 0 Å². The van der Waals surface area contributed by atoms with Gasteiger partial charge in [0.15, 0.2) is 0 Å². The Labute approximate surface area is 202 Å². The molecule has 2 amide bonds. The molecule has 2 aliphatic rings. The fourth-order valence-corrected chi connectivity index (χ4v) is 5.75. The molecule has 2 bridgehead atoms. The van der Waals surface area contributed by atoms with Crippen molar-refractivity contribution in [1.29, 1.82) is 0 Å². The number of carbonyl (C=O) groups is 2. The van der Waals surface area contributed by atoms with E-state index < -0.39 is 17.6 Å². The van der Waals surface area contributed by atoms with Crippen LogP contribution in [0.4, 0.5) is 24.5 Å². The highest BCUT2D eigenvalue weighted by Gasteiger charge is 2.37. The molecule has 0 unspecified atom stereocenters. The number of anilines is 2. The third-order valence-corrected chi connectivity index (χ3v) is 7.43. The van der Waals surface area contributed by atoms with E-state index in [9.17, 15) is 22.8 Å². The maximum absolute atomic E-state index is 13.0. The summed E-state index contributed by atoms with van der Waals surface area (Å²) in [6.45, 7) is -0.209. The summed E-state index contributed by atoms with van der Waals surface area (Å²) in [4.78, 5) is 25.7. The average molecular weight is 509 g/mol. The van der Waals surface area contributed by atoms with Gasteiger partial charge in [0.05, 0.1) is 30.9 Å². The first-order valence-corrected chi connectivity index (χ1v) is 12.8. The molecule has 0 saturated carbocycles. The lowest BCUT2D eigenvalue weighted by Gasteiger charge is -2.34. The molecule has 2 aliphatic heterocycles. The first-order chi connectivity index (χ1) is 16.2. The number of piperidine rings is 1. The van der Waals surface area contributed by atoms with Crippen LogP contribution in [0.15, 0.2) is 48.5 Å². The van der Waals surface area contributed by atoms with Gasteiger partial charge in [0, 0.05) is 23.8 Å². The number of rotatable bonds is 7. The number of carbonyl (C=O) groups excluding carboxylic acids is 2. The van der Waals surface area contributed by atoms with Gasteiger partial charge in [-0.15, -0.1) is 0 Å². The lowest BCUT2D eigenvalue weighted by atomic mass is 10.00. The Bertz CT molecular complexity index is 1070. The van der Waals surface area contributed by atoms with Crippen molar-refractivity contribution >= 4 is 42.5 Å². The molecule has 2 aromatic rings. The van der Waals surface area contributed by atoms with Crippen molar-refractivity contribution in [2.75, 3.05) is 11.9 Å². The summed E-state index contributed by atoms with van der Waals surface area (Å²) in [5.41, 5.74) is -0.0441. The number of halogens is 3. The van der Waals surface area contributed by atoms with Gasteiger partial charge in [-0.25, -0.2) is 0 Å². The number of fused-ring (bicyclic) bond motifs is 2. The van der Waals surface area contributed by atoms with Gasteiger partial charge in [-0.3, -0.25) is 14.3 Å². The Morgan fingerprint density at radius 3 is 2.47 bits per heavy atom. The van der Waals surface area contributed by atoms with Crippen LogP contribution >= 0.6 is 7.51 Å². The molecule has 2 fully saturated rings. The monoisotopic (exact) mass is 508 g/mol. The molecule has 2 heterocycles. The second kappa shape index (κ2) is 10.4. The zero-order valence-electron chi connectivity index (χ0n) is 18.1. The first kappa shape index (κ1) is 24.6. The molecule has 0 aliphatic carbocycles. The molecule has 0 spiro atoms. The van der Waals surface area contributed by atoms with E-state index in [0.717, 1.165) is 37.8 Å². The Morgan fingerprint density at radius 2 is 1.79 bits per heavy atom. The standard InChI is InChI=1S/C23H24F3N4O2PS/c24-23(25,26)14-4-3-5-15(10-14)29-20-7-2-1-6-19(20)22(32)27-13-21(31)30(33-34)18-11-16-8-9-17(12-18)28-16/h1-7,10,16-18,28-29H,8-9,11-13H2,(H,27,32)/t16-,17+,18+. The van der Waals surface area contributed by atoms with Crippen molar-refractivity contribution < 1.29 is 22.8 Å². The predicted octanol–water partition coefficient (Wildman–Crippen LogP) is 4.61. The second-order valence-electron chi connectivity index (χ2n) is 8.51. The number of para-hydroxylation sites is 1. The van der Waals surface area contributed by atoms with Crippen molar-refractivity contribution in [3.63, 3.8) is 0 Å². The minimum atomic E-state index is -4.47. The van der Waals surface area contributed by atoms with Gasteiger partial charge in [0.1, 0.15) is 0 Å². The summed E-state index contributed by atoms with van der Waals surface area (Å²) in [5, 5.41) is 9.04. The Kier molecular flexibility index (Phi) is 7.50. The van der Waals surface area contributed by atoms with Crippen molar-refractivity contribution in [3.8, 4) is 0 Å². The predicted molar refractivity (Wildman–Crippen MR) is 128 cm³/mol. The molecule has 3 atom stereocenters. The highest BCUT2D eigenvalue weighted by Crippen LogP contribution is 2.33. The number of nitrogens with one attached hydrogen (secondary N) is 3. The van der Waals surface area contributed by atoms with Crippen LogP contribution in [0.2, 0.25) is 0 Å². The SMILES string of the molecule is O=C(NCC(=O)N(P=S)[C@H]1C[C@H]2CC[C@@H](C1)N2)c1ccccc1Nc1cccc(C(F)(F)F)c1. The summed E-state index contributed by atoms with van der Waals surface area (Å²) in [6, 6.07) is 12.0. The van der Waals surface area contributed by atoms with E-state index in [1.54, 1.807) is 28.9 Å². The Hall–Kier alpha value is -2.55. The van der Waals surface area contributed by atoms with E-state index in [-0.39, 0.29) is 29.7 Å². The Balaban J connectivity index is 1.41. The number of hydrogen-bond donors (Lipinski definition) is 3. The maximum atomic E-state index is 13.0. The van der Waals surface area contributed by atoms with Gasteiger partial charge in [-0.2, -0.15) is 13.2 Å². The second-order valence-corrected chi connectivity index (χ2v) is 9.60. The highest BCUT2D eigenvalue weighted by atomic mass is 32.4. The number of amides is 2. The smallest absolute Gasteiger partial charge is 0.355 e. The van der Waals surface area contributed by atoms with Crippen LogP contribution in [0.25, 0.3) is 0 Å². The van der Waals surface area contributed by atoms with Crippen LogP contribution < -0.4 is 16.0 Å². The van der Waals surface area contributed by atoms with Gasteiger partial charge in [-0.1, -0.05) is 18.2 Å². The fourth-order valence-electron chi connectivity index (χ4n) is 4.59. The molecule has 11 heteroatoms. The molecule has 3 N–H and O–H groups in total. The molecule has 34 heavy (non-hydrogen) atoms. The first-order valence-electron chi connectivity index (χ1n) is 11.0. The lowest BCUT2D eigenvalue weighted by molar-refractivity contribution is -0.137. The van der Waals surface area contributed by atoms with E-state index in [4.69, 9.17) is 11.8 Å². The van der Waals surface area contributed by atoms with Gasteiger partial charge < -0.3 is 16.0 Å². The van der Waals surface area contributed by atoms with E-state index in [1.807, 2.05) is 0 Å². The van der Waals surface area contributed by atoms with Crippen LogP contribution in [0.1, 0.15) is 41.6 Å². The fraction of sp³-hybridized carbons (Fsp3) is 0.391. The van der Waals surface area contributed by atoms with E-state index >= 15 is 0 Å². The molecule has 0 aromatic heterocycles. The van der Waals surface area contributed by atoms with E-state index in [0.29, 0.717) is 25.3 Å². The van der Waals surface area contributed by atoms with Crippen molar-refractivity contribution in [1.82, 2.24) is 15.3 Å². The molecule has 4 rings (SSSR count). The third kappa shape index (κ3) is 5.74. The van der Waals surface area contributed by atoms with Crippen molar-refractivity contribution in [3.05, 3.63) is 59.7 Å². The molecular weight excluding hydrogens is 484 g/mol. The summed E-state index contributed by atoms with van der Waals surface area (Å²) in [6.07, 6.45) is -0.570. The summed E-state index contributed by atoms with van der Waals surface area (Å²) in [5.74, 6) is -0.755. The van der Waals surface area contributed by atoms with Crippen LogP contribution in [-0.4, -0.2) is 41.2 Å². The highest BCUT2D eigenvalue weighted by molar-refractivity contribution is 7.95. The summed E-state index contributed by atoms with van der Waals surface area (Å²) >= 11 is 5.19. The normalized spacial score (nSPS) is 21.8. The average Bonchev–Trinajstić information content (AvgIpc) is 3.15. The largest absolute Gasteiger partial charge is 0.416 e. The number of benzene rings is 2. The molecule has 2 saturated heterocycles. The molecule has 0 radical (unpaired) electrons. The zero-order valence-corrected chi connectivity index (χ0v) is 19.9. The molecule has 6 nitrogen and oxygen atoms in total. The molecular formula is C23H24F3N4O2PS. The lowest BCUT2D eigenvalue weighted by Crippen LogP contribution is -2.48. The van der Waals surface area contributed by atoms with Crippen molar-refractivity contribution in [2.45, 2.75) is 50.0 Å². The van der Waals surface area contributed by atoms with Crippen LogP contribution in [-0.2, 0) is 22.8 Å². The summed E-state index contributed by atoms with van der Waals surface area (Å²) in [7, 11) is 0.425. The minimum absolute atomic E-state index is 0.0529. The maximum Gasteiger partial charge on any atom is 0.416 e. The minimum Gasteiger partial charge on any atom is -0.355 e. The topological polar surface area (TPSA) is 73.5 Å². The van der Waals surface area contributed by atoms with Gasteiger partial charge >= 0.3 is 6.18 Å².